The predicted molar refractivity (Wildman–Crippen MR) is 68.7 cm³/mol. The van der Waals surface area contributed by atoms with E-state index < -0.39 is 0 Å². The molecule has 0 aliphatic rings. The van der Waals surface area contributed by atoms with E-state index >= 15 is 0 Å². The van der Waals surface area contributed by atoms with Crippen molar-refractivity contribution >= 4 is 10.9 Å². The fraction of sp³-hybridized carbons (Fsp3) is 0.357. The van der Waals surface area contributed by atoms with E-state index in [1.165, 1.54) is 22.1 Å². The molecule has 0 atom stereocenters. The number of hydrogen-bond donors (Lipinski definition) is 1. The zero-order valence-corrected chi connectivity index (χ0v) is 10.2. The Bertz CT molecular complexity index is 530. The first kappa shape index (κ1) is 11.1. The van der Waals surface area contributed by atoms with Gasteiger partial charge >= 0.3 is 0 Å². The third-order valence-corrected chi connectivity index (χ3v) is 2.93. The van der Waals surface area contributed by atoms with Gasteiger partial charge in [-0.2, -0.15) is 0 Å². The minimum absolute atomic E-state index is 0.657. The van der Waals surface area contributed by atoms with Gasteiger partial charge in [0.2, 0.25) is 0 Å². The standard InChI is InChI=1S/C14H18N2/c1-9-6-11(3)14-12(7-9)8-10(2)13(16-14)4-5-15/h6-8H,4-5,15H2,1-3H3. The van der Waals surface area contributed by atoms with Crippen LogP contribution >= 0.6 is 0 Å². The van der Waals surface area contributed by atoms with E-state index in [2.05, 4.69) is 39.0 Å². The maximum atomic E-state index is 5.60. The van der Waals surface area contributed by atoms with Gasteiger partial charge in [-0.1, -0.05) is 11.6 Å². The van der Waals surface area contributed by atoms with Crippen LogP contribution in [0, 0.1) is 20.8 Å². The Morgan fingerprint density at radius 1 is 1.06 bits per heavy atom. The molecule has 0 bridgehead atoms. The molecule has 84 valence electrons. The van der Waals surface area contributed by atoms with E-state index in [-0.39, 0.29) is 0 Å². The Balaban J connectivity index is 2.69. The number of aromatic nitrogens is 1. The van der Waals surface area contributed by atoms with Crippen LogP contribution in [0.2, 0.25) is 0 Å². The number of nitrogens with two attached hydrogens (primary N) is 1. The van der Waals surface area contributed by atoms with Crippen LogP contribution in [-0.2, 0) is 6.42 Å². The fourth-order valence-corrected chi connectivity index (χ4v) is 2.19. The van der Waals surface area contributed by atoms with Crippen molar-refractivity contribution in [3.8, 4) is 0 Å². The molecular weight excluding hydrogens is 196 g/mol. The Morgan fingerprint density at radius 3 is 2.50 bits per heavy atom. The SMILES string of the molecule is Cc1cc(C)c2nc(CCN)c(C)cc2c1. The third-order valence-electron chi connectivity index (χ3n) is 2.93. The second-order valence-electron chi connectivity index (χ2n) is 4.44. The summed E-state index contributed by atoms with van der Waals surface area (Å²) in [7, 11) is 0. The number of hydrogen-bond acceptors (Lipinski definition) is 2. The molecule has 2 nitrogen and oxygen atoms in total. The number of fused-ring (bicyclic) bond motifs is 1. The smallest absolute Gasteiger partial charge is 0.0734 e. The number of nitrogens with zero attached hydrogens (tertiary/aromatic N) is 1. The summed E-state index contributed by atoms with van der Waals surface area (Å²) in [5.41, 5.74) is 11.6. The van der Waals surface area contributed by atoms with Gasteiger partial charge in [0.25, 0.3) is 0 Å². The van der Waals surface area contributed by atoms with Crippen molar-refractivity contribution in [3.05, 3.63) is 40.6 Å². The largest absolute Gasteiger partial charge is 0.330 e. The van der Waals surface area contributed by atoms with Gasteiger partial charge in [-0.3, -0.25) is 4.98 Å². The lowest BCUT2D eigenvalue weighted by molar-refractivity contribution is 0.918. The lowest BCUT2D eigenvalue weighted by Crippen LogP contribution is -2.06. The molecule has 0 radical (unpaired) electrons. The first-order valence-electron chi connectivity index (χ1n) is 5.69. The Morgan fingerprint density at radius 2 is 1.81 bits per heavy atom. The van der Waals surface area contributed by atoms with E-state index in [0.29, 0.717) is 6.54 Å². The van der Waals surface area contributed by atoms with Gasteiger partial charge in [0.15, 0.2) is 0 Å². The lowest BCUT2D eigenvalue weighted by atomic mass is 10.0. The molecule has 0 fully saturated rings. The molecule has 0 saturated heterocycles. The minimum Gasteiger partial charge on any atom is -0.330 e. The summed E-state index contributed by atoms with van der Waals surface area (Å²) in [6.07, 6.45) is 0.856. The van der Waals surface area contributed by atoms with E-state index in [9.17, 15) is 0 Å². The summed E-state index contributed by atoms with van der Waals surface area (Å²) in [5.74, 6) is 0. The molecule has 2 rings (SSSR count). The molecule has 0 spiro atoms. The molecule has 1 heterocycles. The van der Waals surface area contributed by atoms with Crippen molar-refractivity contribution in [2.45, 2.75) is 27.2 Å². The van der Waals surface area contributed by atoms with Gasteiger partial charge in [-0.25, -0.2) is 0 Å². The summed E-state index contributed by atoms with van der Waals surface area (Å²) >= 11 is 0. The van der Waals surface area contributed by atoms with Crippen molar-refractivity contribution < 1.29 is 0 Å². The highest BCUT2D eigenvalue weighted by molar-refractivity contribution is 5.83. The van der Waals surface area contributed by atoms with Crippen LogP contribution in [0.3, 0.4) is 0 Å². The van der Waals surface area contributed by atoms with Crippen molar-refractivity contribution in [3.63, 3.8) is 0 Å². The Hall–Kier alpha value is -1.41. The van der Waals surface area contributed by atoms with Gasteiger partial charge in [0, 0.05) is 17.5 Å². The molecule has 2 N–H and O–H groups in total. The van der Waals surface area contributed by atoms with Crippen LogP contribution in [0.15, 0.2) is 18.2 Å². The number of benzene rings is 1. The number of aryl methyl sites for hydroxylation is 3. The molecule has 1 aromatic heterocycles. The van der Waals surface area contributed by atoms with Gasteiger partial charge in [0.1, 0.15) is 0 Å². The van der Waals surface area contributed by atoms with Crippen molar-refractivity contribution in [2.75, 3.05) is 6.54 Å². The van der Waals surface area contributed by atoms with Crippen LogP contribution in [0.4, 0.5) is 0 Å². The molecular formula is C14H18N2. The van der Waals surface area contributed by atoms with Crippen molar-refractivity contribution in [1.29, 1.82) is 0 Å². The van der Waals surface area contributed by atoms with E-state index in [0.717, 1.165) is 17.6 Å². The van der Waals surface area contributed by atoms with Crippen LogP contribution < -0.4 is 5.73 Å². The molecule has 2 aromatic rings. The maximum Gasteiger partial charge on any atom is 0.0734 e. The van der Waals surface area contributed by atoms with Crippen LogP contribution in [-0.4, -0.2) is 11.5 Å². The van der Waals surface area contributed by atoms with Gasteiger partial charge < -0.3 is 5.73 Å². The highest BCUT2D eigenvalue weighted by atomic mass is 14.7. The molecule has 0 aliphatic carbocycles. The minimum atomic E-state index is 0.657. The van der Waals surface area contributed by atoms with Crippen LogP contribution in [0.1, 0.15) is 22.4 Å². The predicted octanol–water partition coefficient (Wildman–Crippen LogP) is 2.66. The van der Waals surface area contributed by atoms with Crippen LogP contribution in [0.25, 0.3) is 10.9 Å². The second kappa shape index (κ2) is 4.22. The van der Waals surface area contributed by atoms with E-state index in [4.69, 9.17) is 10.7 Å². The second-order valence-corrected chi connectivity index (χ2v) is 4.44. The summed E-state index contributed by atoms with van der Waals surface area (Å²) in [6, 6.07) is 6.58. The summed E-state index contributed by atoms with van der Waals surface area (Å²) < 4.78 is 0. The van der Waals surface area contributed by atoms with Crippen molar-refractivity contribution in [1.82, 2.24) is 4.98 Å². The first-order valence-corrected chi connectivity index (χ1v) is 5.69. The Labute approximate surface area is 96.5 Å². The average Bonchev–Trinajstić information content (AvgIpc) is 2.20. The maximum absolute atomic E-state index is 5.60. The molecule has 0 aliphatic heterocycles. The number of pyridine rings is 1. The molecule has 0 unspecified atom stereocenters. The van der Waals surface area contributed by atoms with Gasteiger partial charge in [-0.05, 0) is 50.6 Å². The summed E-state index contributed by atoms with van der Waals surface area (Å²) in [6.45, 7) is 7.00. The summed E-state index contributed by atoms with van der Waals surface area (Å²) in [5, 5.41) is 1.23. The zero-order chi connectivity index (χ0) is 11.7. The Kier molecular flexibility index (Phi) is 2.92. The summed E-state index contributed by atoms with van der Waals surface area (Å²) in [4.78, 5) is 4.73. The van der Waals surface area contributed by atoms with Crippen LogP contribution in [0.5, 0.6) is 0 Å². The lowest BCUT2D eigenvalue weighted by Gasteiger charge is -2.09. The molecule has 0 saturated carbocycles. The molecule has 2 heteroatoms. The highest BCUT2D eigenvalue weighted by Crippen LogP contribution is 2.21. The zero-order valence-electron chi connectivity index (χ0n) is 10.2. The quantitative estimate of drug-likeness (QED) is 0.834. The monoisotopic (exact) mass is 214 g/mol. The fourth-order valence-electron chi connectivity index (χ4n) is 2.19. The molecule has 1 aromatic carbocycles. The van der Waals surface area contributed by atoms with E-state index in [1.54, 1.807) is 0 Å². The van der Waals surface area contributed by atoms with Crippen molar-refractivity contribution in [2.24, 2.45) is 5.73 Å². The van der Waals surface area contributed by atoms with Gasteiger partial charge in [-0.15, -0.1) is 0 Å². The normalized spacial score (nSPS) is 11.0. The van der Waals surface area contributed by atoms with E-state index in [1.807, 2.05) is 0 Å². The highest BCUT2D eigenvalue weighted by Gasteiger charge is 2.05. The van der Waals surface area contributed by atoms with Gasteiger partial charge in [0.05, 0.1) is 5.52 Å². The first-order chi connectivity index (χ1) is 7.61. The third kappa shape index (κ3) is 1.93. The average molecular weight is 214 g/mol. The number of rotatable bonds is 2. The molecule has 16 heavy (non-hydrogen) atoms. The topological polar surface area (TPSA) is 38.9 Å². The molecule has 0 amide bonds.